The molecule has 23 heavy (non-hydrogen) atoms. The van der Waals surface area contributed by atoms with Crippen LogP contribution in [0.2, 0.25) is 25.7 Å². The number of carbonyl (C=O) groups is 1. The smallest absolute Gasteiger partial charge is 0.352 e. The third-order valence-electron chi connectivity index (χ3n) is 3.56. The number of cyclic esters (lactones) is 1. The summed E-state index contributed by atoms with van der Waals surface area (Å²) in [5, 5.41) is 0. The van der Waals surface area contributed by atoms with Crippen molar-refractivity contribution in [1.82, 2.24) is 0 Å². The van der Waals surface area contributed by atoms with Gasteiger partial charge in [-0.15, -0.1) is 11.8 Å². The van der Waals surface area contributed by atoms with Crippen LogP contribution in [0.3, 0.4) is 0 Å². The van der Waals surface area contributed by atoms with Gasteiger partial charge in [0.1, 0.15) is 18.4 Å². The van der Waals surface area contributed by atoms with Gasteiger partial charge in [-0.1, -0.05) is 50.0 Å². The molecule has 0 saturated carbocycles. The van der Waals surface area contributed by atoms with E-state index in [1.807, 2.05) is 30.3 Å². The average molecular weight is 328 g/mol. The van der Waals surface area contributed by atoms with E-state index in [-0.39, 0.29) is 12.0 Å². The Morgan fingerprint density at radius 1 is 1.22 bits per heavy atom. The monoisotopic (exact) mass is 327 g/mol. The zero-order chi connectivity index (χ0) is 16.7. The number of aliphatic imine (C=N–C) groups is 1. The molecular weight excluding hydrogens is 302 g/mol. The zero-order valence-corrected chi connectivity index (χ0v) is 15.3. The summed E-state index contributed by atoms with van der Waals surface area (Å²) in [5.74, 6) is 6.21. The summed E-state index contributed by atoms with van der Waals surface area (Å²) in [5.41, 5.74) is 1.64. The Labute approximate surface area is 140 Å². The van der Waals surface area contributed by atoms with Crippen molar-refractivity contribution in [3.63, 3.8) is 0 Å². The van der Waals surface area contributed by atoms with Crippen LogP contribution in [0.25, 0.3) is 0 Å². The number of hydrogen-bond acceptors (Lipinski definition) is 3. The summed E-state index contributed by atoms with van der Waals surface area (Å²) in [4.78, 5) is 16.4. The summed E-state index contributed by atoms with van der Waals surface area (Å²) in [6.07, 6.45) is 2.31. The Hall–Kier alpha value is -1.86. The molecule has 2 rings (SSSR count). The molecule has 1 atom stereocenters. The van der Waals surface area contributed by atoms with Crippen molar-refractivity contribution in [3.8, 4) is 11.8 Å². The Bertz CT molecular complexity index is 620. The SMILES string of the molecule is C[Si](C)(C)CC#CCCCC1=N[C@H](c2ccccc2)COC1=O. The number of ether oxygens (including phenoxy) is 1. The van der Waals surface area contributed by atoms with E-state index < -0.39 is 8.07 Å². The van der Waals surface area contributed by atoms with Gasteiger partial charge in [0.2, 0.25) is 0 Å². The first-order valence-electron chi connectivity index (χ1n) is 8.20. The Kier molecular flexibility index (Phi) is 6.17. The highest BCUT2D eigenvalue weighted by molar-refractivity contribution is 6.76. The Morgan fingerprint density at radius 3 is 2.65 bits per heavy atom. The zero-order valence-electron chi connectivity index (χ0n) is 14.3. The molecule has 0 fully saturated rings. The van der Waals surface area contributed by atoms with Gasteiger partial charge in [-0.2, -0.15) is 0 Å². The first-order valence-corrected chi connectivity index (χ1v) is 11.9. The molecule has 0 spiro atoms. The van der Waals surface area contributed by atoms with Gasteiger partial charge in [0.15, 0.2) is 0 Å². The largest absolute Gasteiger partial charge is 0.459 e. The van der Waals surface area contributed by atoms with Gasteiger partial charge in [-0.05, 0) is 18.4 Å². The first kappa shape index (κ1) is 17.5. The molecule has 3 nitrogen and oxygen atoms in total. The van der Waals surface area contributed by atoms with Crippen molar-refractivity contribution in [3.05, 3.63) is 35.9 Å². The van der Waals surface area contributed by atoms with E-state index in [1.54, 1.807) is 0 Å². The normalized spacial score (nSPS) is 17.8. The summed E-state index contributed by atoms with van der Waals surface area (Å²) >= 11 is 0. The molecule has 1 aliphatic rings. The van der Waals surface area contributed by atoms with Gasteiger partial charge in [0.05, 0.1) is 8.07 Å². The summed E-state index contributed by atoms with van der Waals surface area (Å²) in [6.45, 7) is 7.29. The van der Waals surface area contributed by atoms with Crippen molar-refractivity contribution in [2.75, 3.05) is 6.61 Å². The predicted molar refractivity (Wildman–Crippen MR) is 97.4 cm³/mol. The average Bonchev–Trinajstić information content (AvgIpc) is 2.52. The fourth-order valence-corrected chi connectivity index (χ4v) is 2.94. The second kappa shape index (κ2) is 8.12. The van der Waals surface area contributed by atoms with E-state index in [2.05, 4.69) is 36.5 Å². The quantitative estimate of drug-likeness (QED) is 0.351. The molecule has 0 N–H and O–H groups in total. The van der Waals surface area contributed by atoms with Gasteiger partial charge in [-0.3, -0.25) is 4.99 Å². The molecule has 122 valence electrons. The minimum absolute atomic E-state index is 0.0677. The number of carbonyl (C=O) groups excluding carboxylic acids is 1. The maximum Gasteiger partial charge on any atom is 0.352 e. The van der Waals surface area contributed by atoms with Gasteiger partial charge in [-0.25, -0.2) is 4.79 Å². The standard InChI is InChI=1S/C19H25NO2Si/c1-23(2,3)14-10-5-4-9-13-17-19(21)22-15-18(20-17)16-11-7-6-8-12-16/h6-8,11-12,18H,4,9,13-15H2,1-3H3/t18-/m0/s1. The number of hydrogen-bond donors (Lipinski definition) is 0. The molecule has 1 heterocycles. The van der Waals surface area contributed by atoms with Crippen molar-refractivity contribution >= 4 is 19.8 Å². The van der Waals surface area contributed by atoms with E-state index in [9.17, 15) is 4.79 Å². The Morgan fingerprint density at radius 2 is 1.96 bits per heavy atom. The van der Waals surface area contributed by atoms with E-state index in [4.69, 9.17) is 4.74 Å². The predicted octanol–water partition coefficient (Wildman–Crippen LogP) is 4.24. The van der Waals surface area contributed by atoms with Crippen LogP contribution in [0, 0.1) is 11.8 Å². The minimum Gasteiger partial charge on any atom is -0.459 e. The van der Waals surface area contributed by atoms with Crippen LogP contribution in [-0.4, -0.2) is 26.4 Å². The number of esters is 1. The summed E-state index contributed by atoms with van der Waals surface area (Å²) in [7, 11) is -1.08. The van der Waals surface area contributed by atoms with Crippen molar-refractivity contribution in [2.45, 2.75) is 51.0 Å². The van der Waals surface area contributed by atoms with Crippen molar-refractivity contribution in [2.24, 2.45) is 4.99 Å². The number of nitrogens with zero attached hydrogens (tertiary/aromatic N) is 1. The molecule has 0 radical (unpaired) electrons. The summed E-state index contributed by atoms with van der Waals surface area (Å²) < 4.78 is 5.28. The topological polar surface area (TPSA) is 38.7 Å². The maximum absolute atomic E-state index is 11.8. The molecule has 4 heteroatoms. The maximum atomic E-state index is 11.8. The van der Waals surface area contributed by atoms with Crippen LogP contribution in [0.4, 0.5) is 0 Å². The van der Waals surface area contributed by atoms with Gasteiger partial charge in [0.25, 0.3) is 0 Å². The number of unbranched alkanes of at least 4 members (excludes halogenated alkanes) is 1. The molecule has 0 aliphatic carbocycles. The van der Waals surface area contributed by atoms with Gasteiger partial charge < -0.3 is 4.74 Å². The lowest BCUT2D eigenvalue weighted by Gasteiger charge is -2.20. The third-order valence-corrected chi connectivity index (χ3v) is 4.80. The van der Waals surface area contributed by atoms with Crippen LogP contribution in [0.5, 0.6) is 0 Å². The molecule has 0 aromatic heterocycles. The van der Waals surface area contributed by atoms with Crippen LogP contribution >= 0.6 is 0 Å². The first-order chi connectivity index (χ1) is 11.0. The highest BCUT2D eigenvalue weighted by atomic mass is 28.3. The minimum atomic E-state index is -1.08. The third kappa shape index (κ3) is 6.03. The van der Waals surface area contributed by atoms with Gasteiger partial charge >= 0.3 is 5.97 Å². The Balaban J connectivity index is 1.88. The second-order valence-corrected chi connectivity index (χ2v) is 12.5. The molecule has 0 unspecified atom stereocenters. The van der Waals surface area contributed by atoms with Crippen LogP contribution < -0.4 is 0 Å². The molecular formula is C19H25NO2Si. The summed E-state index contributed by atoms with van der Waals surface area (Å²) in [6, 6.07) is 10.9. The molecule has 1 aliphatic heterocycles. The van der Waals surface area contributed by atoms with Gasteiger partial charge in [0, 0.05) is 12.5 Å². The number of rotatable bonds is 5. The molecule has 1 aromatic carbocycles. The van der Waals surface area contributed by atoms with E-state index in [0.717, 1.165) is 24.4 Å². The van der Waals surface area contributed by atoms with Crippen LogP contribution in [0.15, 0.2) is 35.3 Å². The molecule has 1 aromatic rings. The lowest BCUT2D eigenvalue weighted by atomic mass is 10.1. The second-order valence-electron chi connectivity index (χ2n) is 7.05. The molecule has 0 bridgehead atoms. The molecule has 0 amide bonds. The fraction of sp³-hybridized carbons (Fsp3) is 0.474. The highest BCUT2D eigenvalue weighted by Gasteiger charge is 2.23. The number of benzene rings is 1. The van der Waals surface area contributed by atoms with Crippen molar-refractivity contribution < 1.29 is 9.53 Å². The van der Waals surface area contributed by atoms with E-state index >= 15 is 0 Å². The fourth-order valence-electron chi connectivity index (χ4n) is 2.29. The van der Waals surface area contributed by atoms with Crippen LogP contribution in [0.1, 0.15) is 30.9 Å². The van der Waals surface area contributed by atoms with E-state index in [0.29, 0.717) is 18.7 Å². The lowest BCUT2D eigenvalue weighted by molar-refractivity contribution is -0.137. The van der Waals surface area contributed by atoms with Crippen LogP contribution in [-0.2, 0) is 9.53 Å². The van der Waals surface area contributed by atoms with Crippen molar-refractivity contribution in [1.29, 1.82) is 0 Å². The highest BCUT2D eigenvalue weighted by Crippen LogP contribution is 2.22. The van der Waals surface area contributed by atoms with E-state index in [1.165, 1.54) is 0 Å². The molecule has 0 saturated heterocycles. The lowest BCUT2D eigenvalue weighted by Crippen LogP contribution is -2.26.